The van der Waals surface area contributed by atoms with Gasteiger partial charge in [0.25, 0.3) is 5.91 Å². The highest BCUT2D eigenvalue weighted by molar-refractivity contribution is 7.98. The molecule has 0 saturated heterocycles. The Morgan fingerprint density at radius 1 is 1.14 bits per heavy atom. The summed E-state index contributed by atoms with van der Waals surface area (Å²) in [7, 11) is 1.33. The van der Waals surface area contributed by atoms with Crippen LogP contribution in [0, 0.1) is 4.91 Å². The van der Waals surface area contributed by atoms with Crippen LogP contribution in [-0.2, 0) is 4.79 Å². The monoisotopic (exact) mass is 521 g/mol. The summed E-state index contributed by atoms with van der Waals surface area (Å²) >= 11 is 2.91. The molecule has 3 heterocycles. The first-order valence-electron chi connectivity index (χ1n) is 11.1. The fourth-order valence-corrected chi connectivity index (χ4v) is 4.69. The first kappa shape index (κ1) is 25.3. The van der Waals surface area contributed by atoms with E-state index in [9.17, 15) is 14.5 Å². The molecule has 0 radical (unpaired) electrons. The molecule has 0 fully saturated rings. The topological polar surface area (TPSA) is 109 Å². The van der Waals surface area contributed by atoms with Crippen LogP contribution in [0.3, 0.4) is 0 Å². The molecule has 0 aliphatic carbocycles. The second-order valence-corrected chi connectivity index (χ2v) is 9.74. The van der Waals surface area contributed by atoms with E-state index in [0.717, 1.165) is 22.4 Å². The number of carbonyl (C=O) groups is 2. The highest BCUT2D eigenvalue weighted by atomic mass is 32.2. The Bertz CT molecular complexity index is 1370. The van der Waals surface area contributed by atoms with Gasteiger partial charge in [-0.3, -0.25) is 14.6 Å². The van der Waals surface area contributed by atoms with E-state index in [1.807, 2.05) is 48.0 Å². The standard InChI is InChI=1S/C25H24N6O3S2/c1-30(34)31-12-8-20(15-31)23(32)27-21(9-13-35-2)24(33)29-25-28-22(16-36-25)19-5-3-4-18(14-19)17-6-10-26-11-7-17/h3-8,10-12,14-16,21H,9,13H2,1-2H3,(H-,27,28,29,32,33)/p+1/t21-/m0/s1. The van der Waals surface area contributed by atoms with Gasteiger partial charge in [0.1, 0.15) is 10.9 Å². The van der Waals surface area contributed by atoms with Crippen LogP contribution >= 0.6 is 23.1 Å². The molecule has 1 aromatic carbocycles. The largest absolute Gasteiger partial charge is 0.340 e. The third-order valence-electron chi connectivity index (χ3n) is 5.40. The second kappa shape index (κ2) is 11.7. The Balaban J connectivity index is 1.46. The normalized spacial score (nSPS) is 11.6. The van der Waals surface area contributed by atoms with E-state index in [2.05, 4.69) is 20.6 Å². The molecular formula is C25H25N6O3S2+. The van der Waals surface area contributed by atoms with Crippen molar-refractivity contribution in [2.75, 3.05) is 24.4 Å². The lowest BCUT2D eigenvalue weighted by atomic mass is 10.0. The van der Waals surface area contributed by atoms with Crippen LogP contribution in [0.25, 0.3) is 22.4 Å². The molecule has 0 aliphatic heterocycles. The number of rotatable bonds is 10. The van der Waals surface area contributed by atoms with Crippen molar-refractivity contribution in [3.8, 4) is 22.4 Å². The van der Waals surface area contributed by atoms with Gasteiger partial charge in [-0.2, -0.15) is 11.8 Å². The SMILES string of the molecule is CSCC[C@H](NC(=O)c1ccn([N+](C)=O)c1)C(=O)Nc1nc(-c2cccc(-c3ccncc3)c2)cs1. The Kier molecular flexibility index (Phi) is 8.24. The molecule has 3 aromatic heterocycles. The van der Waals surface area contributed by atoms with Crippen molar-refractivity contribution in [3.63, 3.8) is 0 Å². The summed E-state index contributed by atoms with van der Waals surface area (Å²) in [6.07, 6.45) is 8.80. The summed E-state index contributed by atoms with van der Waals surface area (Å²) in [4.78, 5) is 46.4. The summed E-state index contributed by atoms with van der Waals surface area (Å²) in [6, 6.07) is 12.7. The van der Waals surface area contributed by atoms with E-state index in [0.29, 0.717) is 27.7 Å². The number of nitrogens with zero attached hydrogens (tertiary/aromatic N) is 4. The summed E-state index contributed by atoms with van der Waals surface area (Å²) in [5, 5.41) is 7.96. The third kappa shape index (κ3) is 6.23. The number of thioether (sulfide) groups is 1. The van der Waals surface area contributed by atoms with Gasteiger partial charge >= 0.3 is 0 Å². The fraction of sp³-hybridized carbons (Fsp3) is 0.200. The van der Waals surface area contributed by atoms with Crippen LogP contribution in [0.1, 0.15) is 16.8 Å². The maximum absolute atomic E-state index is 13.0. The maximum Gasteiger partial charge on any atom is 0.253 e. The molecule has 9 nitrogen and oxygen atoms in total. The van der Waals surface area contributed by atoms with E-state index in [-0.39, 0.29) is 5.91 Å². The highest BCUT2D eigenvalue weighted by Gasteiger charge is 2.23. The summed E-state index contributed by atoms with van der Waals surface area (Å²) in [5.74, 6) is -0.0815. The molecule has 36 heavy (non-hydrogen) atoms. The van der Waals surface area contributed by atoms with E-state index in [1.54, 1.807) is 24.2 Å². The lowest BCUT2D eigenvalue weighted by Gasteiger charge is -2.17. The molecule has 0 unspecified atom stereocenters. The average molecular weight is 522 g/mol. The molecule has 2 amide bonds. The summed E-state index contributed by atoms with van der Waals surface area (Å²) in [6.45, 7) is 0. The van der Waals surface area contributed by atoms with Gasteiger partial charge in [0.05, 0.1) is 28.6 Å². The van der Waals surface area contributed by atoms with E-state index in [1.165, 1.54) is 41.5 Å². The number of thiazole rings is 1. The van der Waals surface area contributed by atoms with Gasteiger partial charge in [0, 0.05) is 23.3 Å². The van der Waals surface area contributed by atoms with Crippen LogP contribution in [0.15, 0.2) is 72.6 Å². The average Bonchev–Trinajstić information content (AvgIpc) is 3.57. The molecule has 0 saturated carbocycles. The quantitative estimate of drug-likeness (QED) is 0.301. The van der Waals surface area contributed by atoms with Crippen LogP contribution in [0.2, 0.25) is 0 Å². The van der Waals surface area contributed by atoms with Crippen LogP contribution in [-0.4, -0.2) is 56.4 Å². The van der Waals surface area contributed by atoms with Gasteiger partial charge in [0.2, 0.25) is 13.0 Å². The zero-order chi connectivity index (χ0) is 25.5. The Morgan fingerprint density at radius 2 is 1.92 bits per heavy atom. The van der Waals surface area contributed by atoms with Gasteiger partial charge in [0.15, 0.2) is 5.13 Å². The van der Waals surface area contributed by atoms with Crippen molar-refractivity contribution in [1.82, 2.24) is 20.0 Å². The van der Waals surface area contributed by atoms with Crippen molar-refractivity contribution >= 4 is 40.0 Å². The molecule has 4 rings (SSSR count). The van der Waals surface area contributed by atoms with Crippen LogP contribution < -0.4 is 10.6 Å². The van der Waals surface area contributed by atoms with Gasteiger partial charge in [-0.15, -0.1) is 11.3 Å². The van der Waals surface area contributed by atoms with Crippen molar-refractivity contribution in [2.24, 2.45) is 0 Å². The van der Waals surface area contributed by atoms with Crippen molar-refractivity contribution in [1.29, 1.82) is 0 Å². The maximum atomic E-state index is 13.0. The van der Waals surface area contributed by atoms with Crippen molar-refractivity contribution < 1.29 is 14.5 Å². The molecule has 184 valence electrons. The van der Waals surface area contributed by atoms with Gasteiger partial charge in [-0.1, -0.05) is 22.9 Å². The lowest BCUT2D eigenvalue weighted by Crippen LogP contribution is -2.44. The zero-order valence-electron chi connectivity index (χ0n) is 19.7. The van der Waals surface area contributed by atoms with Crippen molar-refractivity contribution in [2.45, 2.75) is 12.5 Å². The predicted octanol–water partition coefficient (Wildman–Crippen LogP) is 4.34. The fourth-order valence-electron chi connectivity index (χ4n) is 3.50. The zero-order valence-corrected chi connectivity index (χ0v) is 21.4. The number of aromatic nitrogens is 3. The number of nitrogens with one attached hydrogen (secondary N) is 2. The minimum Gasteiger partial charge on any atom is -0.340 e. The molecule has 11 heteroatoms. The molecule has 0 spiro atoms. The molecular weight excluding hydrogens is 496 g/mol. The van der Waals surface area contributed by atoms with Gasteiger partial charge < -0.3 is 10.6 Å². The van der Waals surface area contributed by atoms with Gasteiger partial charge in [-0.25, -0.2) is 4.98 Å². The molecule has 4 aromatic rings. The number of nitroso groups, excluding NO2 is 1. The number of carbonyl (C=O) groups excluding carboxylic acids is 2. The summed E-state index contributed by atoms with van der Waals surface area (Å²) in [5.41, 5.74) is 4.08. The Hall–Kier alpha value is -3.83. The van der Waals surface area contributed by atoms with E-state index < -0.39 is 11.9 Å². The molecule has 1 atom stereocenters. The minimum absolute atomic E-state index is 0.297. The smallest absolute Gasteiger partial charge is 0.253 e. The number of amides is 2. The number of hydrogen-bond acceptors (Lipinski definition) is 7. The van der Waals surface area contributed by atoms with E-state index >= 15 is 0 Å². The minimum atomic E-state index is -0.749. The summed E-state index contributed by atoms with van der Waals surface area (Å²) < 4.78 is 1.24. The van der Waals surface area contributed by atoms with Crippen LogP contribution in [0.4, 0.5) is 5.13 Å². The molecule has 0 aliphatic rings. The first-order valence-corrected chi connectivity index (χ1v) is 13.4. The first-order chi connectivity index (χ1) is 17.4. The number of benzene rings is 1. The van der Waals surface area contributed by atoms with Crippen molar-refractivity contribution in [3.05, 3.63) is 83.1 Å². The number of hydrogen-bond donors (Lipinski definition) is 2. The van der Waals surface area contributed by atoms with Gasteiger partial charge in [-0.05, 0) is 53.8 Å². The van der Waals surface area contributed by atoms with Crippen LogP contribution in [0.5, 0.6) is 0 Å². The third-order valence-corrected chi connectivity index (χ3v) is 6.81. The number of pyridine rings is 1. The molecule has 0 bridgehead atoms. The Morgan fingerprint density at radius 3 is 2.64 bits per heavy atom. The molecule has 2 N–H and O–H groups in total. The highest BCUT2D eigenvalue weighted by Crippen LogP contribution is 2.28. The second-order valence-electron chi connectivity index (χ2n) is 7.90. The lowest BCUT2D eigenvalue weighted by molar-refractivity contribution is -0.578. The predicted molar refractivity (Wildman–Crippen MR) is 143 cm³/mol. The number of anilines is 1. The van der Waals surface area contributed by atoms with E-state index in [4.69, 9.17) is 0 Å². The Labute approximate surface area is 216 Å².